The normalized spacial score (nSPS) is 16.1. The van der Waals surface area contributed by atoms with Gasteiger partial charge in [-0.15, -0.1) is 0 Å². The van der Waals surface area contributed by atoms with Gasteiger partial charge in [-0.25, -0.2) is 8.78 Å². The lowest BCUT2D eigenvalue weighted by molar-refractivity contribution is -0.138. The van der Waals surface area contributed by atoms with Gasteiger partial charge in [0, 0.05) is 6.42 Å². The molecule has 0 saturated carbocycles. The molecule has 0 bridgehead atoms. The van der Waals surface area contributed by atoms with Gasteiger partial charge in [0.2, 0.25) is 0 Å². The Morgan fingerprint density at radius 3 is 2.42 bits per heavy atom. The molecule has 0 rings (SSSR count). The maximum absolute atomic E-state index is 11.9. The monoisotopic (exact) mass is 181 g/mol. The minimum absolute atomic E-state index is 0.0456. The summed E-state index contributed by atoms with van der Waals surface area (Å²) in [5.41, 5.74) is 5.05. The van der Waals surface area contributed by atoms with Crippen molar-refractivity contribution in [1.29, 1.82) is 0 Å². The molecule has 0 amide bonds. The first-order valence-electron chi connectivity index (χ1n) is 3.69. The lowest BCUT2D eigenvalue weighted by Crippen LogP contribution is -2.31. The Labute approximate surface area is 69.6 Å². The Hall–Kier alpha value is -0.710. The van der Waals surface area contributed by atoms with Crippen LogP contribution in [0, 0.1) is 5.92 Å². The second-order valence-corrected chi connectivity index (χ2v) is 2.94. The molecule has 0 radical (unpaired) electrons. The number of carbonyl (C=O) groups is 1. The Kier molecular flexibility index (Phi) is 4.73. The minimum atomic E-state index is -2.57. The third kappa shape index (κ3) is 5.01. The third-order valence-electron chi connectivity index (χ3n) is 1.52. The highest BCUT2D eigenvalue weighted by molar-refractivity contribution is 5.66. The number of carboxylic acids is 1. The summed E-state index contributed by atoms with van der Waals surface area (Å²) in [4.78, 5) is 10.1. The van der Waals surface area contributed by atoms with Crippen molar-refractivity contribution in [3.63, 3.8) is 0 Å². The second kappa shape index (κ2) is 5.03. The van der Waals surface area contributed by atoms with Gasteiger partial charge in [0.1, 0.15) is 0 Å². The fourth-order valence-corrected chi connectivity index (χ4v) is 0.949. The van der Waals surface area contributed by atoms with Gasteiger partial charge in [0.05, 0.1) is 6.04 Å². The number of hydrogen-bond donors (Lipinski definition) is 2. The van der Waals surface area contributed by atoms with Crippen LogP contribution < -0.4 is 5.73 Å². The maximum atomic E-state index is 11.9. The highest BCUT2D eigenvalue weighted by Gasteiger charge is 2.19. The maximum Gasteiger partial charge on any atom is 0.303 e. The molecule has 0 saturated heterocycles. The van der Waals surface area contributed by atoms with Crippen LogP contribution in [0.4, 0.5) is 8.78 Å². The molecule has 0 aliphatic rings. The molecule has 0 fully saturated rings. The van der Waals surface area contributed by atoms with E-state index >= 15 is 0 Å². The lowest BCUT2D eigenvalue weighted by atomic mass is 9.99. The van der Waals surface area contributed by atoms with E-state index < -0.39 is 18.4 Å². The van der Waals surface area contributed by atoms with E-state index in [4.69, 9.17) is 10.8 Å². The summed E-state index contributed by atoms with van der Waals surface area (Å²) in [5, 5.41) is 8.31. The molecule has 0 unspecified atom stereocenters. The molecule has 3 nitrogen and oxygen atoms in total. The van der Waals surface area contributed by atoms with E-state index in [1.165, 1.54) is 0 Å². The van der Waals surface area contributed by atoms with Crippen LogP contribution in [0.5, 0.6) is 0 Å². The number of alkyl halides is 2. The number of carboxylic acid groups (broad SMARTS) is 1. The van der Waals surface area contributed by atoms with Crippen molar-refractivity contribution < 1.29 is 18.7 Å². The zero-order valence-electron chi connectivity index (χ0n) is 6.84. The summed E-state index contributed by atoms with van der Waals surface area (Å²) in [6.45, 7) is 1.59. The van der Waals surface area contributed by atoms with Crippen LogP contribution in [0.15, 0.2) is 0 Å². The van der Waals surface area contributed by atoms with Crippen molar-refractivity contribution >= 4 is 5.97 Å². The van der Waals surface area contributed by atoms with Gasteiger partial charge >= 0.3 is 5.97 Å². The van der Waals surface area contributed by atoms with Crippen LogP contribution in [-0.4, -0.2) is 23.5 Å². The standard InChI is InChI=1S/C7H13F2NO2/c1-4(3-6(11)12)2-5(10)7(8)9/h4-5,7H,2-3,10H2,1H3,(H,11,12)/t4-,5-/m0/s1. The number of nitrogens with two attached hydrogens (primary N) is 1. The molecule has 0 heterocycles. The van der Waals surface area contributed by atoms with Crippen molar-refractivity contribution in [2.75, 3.05) is 0 Å². The van der Waals surface area contributed by atoms with Gasteiger partial charge in [-0.3, -0.25) is 4.79 Å². The van der Waals surface area contributed by atoms with Gasteiger partial charge in [0.25, 0.3) is 6.43 Å². The summed E-state index contributed by atoms with van der Waals surface area (Å²) in [5.74, 6) is -1.28. The van der Waals surface area contributed by atoms with Crippen LogP contribution >= 0.6 is 0 Å². The predicted molar refractivity (Wildman–Crippen MR) is 40.0 cm³/mol. The molecule has 0 aromatic heterocycles. The molecular formula is C7H13F2NO2. The first kappa shape index (κ1) is 11.3. The summed E-state index contributed by atoms with van der Waals surface area (Å²) in [6.07, 6.45) is -2.63. The number of aliphatic carboxylic acids is 1. The fraction of sp³-hybridized carbons (Fsp3) is 0.857. The van der Waals surface area contributed by atoms with Gasteiger partial charge in [-0.05, 0) is 12.3 Å². The molecule has 2 atom stereocenters. The molecule has 0 aliphatic heterocycles. The second-order valence-electron chi connectivity index (χ2n) is 2.94. The molecule has 72 valence electrons. The molecule has 0 aliphatic carbocycles. The van der Waals surface area contributed by atoms with Crippen LogP contribution in [0.3, 0.4) is 0 Å². The fourth-order valence-electron chi connectivity index (χ4n) is 0.949. The van der Waals surface area contributed by atoms with Crippen molar-refractivity contribution in [3.8, 4) is 0 Å². The predicted octanol–water partition coefficient (Wildman–Crippen LogP) is 1.08. The van der Waals surface area contributed by atoms with Gasteiger partial charge in [-0.1, -0.05) is 6.92 Å². The van der Waals surface area contributed by atoms with E-state index in [2.05, 4.69) is 0 Å². The first-order valence-corrected chi connectivity index (χ1v) is 3.69. The number of hydrogen-bond acceptors (Lipinski definition) is 2. The lowest BCUT2D eigenvalue weighted by Gasteiger charge is -2.14. The van der Waals surface area contributed by atoms with Crippen molar-refractivity contribution in [3.05, 3.63) is 0 Å². The van der Waals surface area contributed by atoms with Gasteiger partial charge in [-0.2, -0.15) is 0 Å². The van der Waals surface area contributed by atoms with E-state index in [9.17, 15) is 13.6 Å². The topological polar surface area (TPSA) is 63.3 Å². The molecule has 0 aromatic carbocycles. The summed E-state index contributed by atoms with van der Waals surface area (Å²) < 4.78 is 23.7. The summed E-state index contributed by atoms with van der Waals surface area (Å²) in [6, 6.07) is -1.21. The van der Waals surface area contributed by atoms with E-state index in [1.54, 1.807) is 6.92 Å². The highest BCUT2D eigenvalue weighted by Crippen LogP contribution is 2.13. The Morgan fingerprint density at radius 1 is 1.58 bits per heavy atom. The quantitative estimate of drug-likeness (QED) is 0.667. The van der Waals surface area contributed by atoms with E-state index in [-0.39, 0.29) is 18.8 Å². The minimum Gasteiger partial charge on any atom is -0.481 e. The van der Waals surface area contributed by atoms with E-state index in [0.29, 0.717) is 0 Å². The van der Waals surface area contributed by atoms with Gasteiger partial charge < -0.3 is 10.8 Å². The Balaban J connectivity index is 3.68. The number of halogens is 2. The average Bonchev–Trinajstić information content (AvgIpc) is 1.84. The molecule has 12 heavy (non-hydrogen) atoms. The van der Waals surface area contributed by atoms with Crippen molar-refractivity contribution in [2.24, 2.45) is 11.7 Å². The van der Waals surface area contributed by atoms with Crippen molar-refractivity contribution in [2.45, 2.75) is 32.2 Å². The SMILES string of the molecule is C[C@H](CC(=O)O)C[C@H](N)C(F)F. The van der Waals surface area contributed by atoms with Crippen LogP contribution in [0.25, 0.3) is 0 Å². The molecule has 3 N–H and O–H groups in total. The van der Waals surface area contributed by atoms with Crippen LogP contribution in [0.1, 0.15) is 19.8 Å². The van der Waals surface area contributed by atoms with Crippen LogP contribution in [-0.2, 0) is 4.79 Å². The Morgan fingerprint density at radius 2 is 2.08 bits per heavy atom. The average molecular weight is 181 g/mol. The molecule has 5 heteroatoms. The highest BCUT2D eigenvalue weighted by atomic mass is 19.3. The summed E-state index contributed by atoms with van der Waals surface area (Å²) in [7, 11) is 0. The molecule has 0 aromatic rings. The molecule has 0 spiro atoms. The zero-order valence-corrected chi connectivity index (χ0v) is 6.84. The molecular weight excluding hydrogens is 168 g/mol. The first-order chi connectivity index (χ1) is 5.43. The summed E-state index contributed by atoms with van der Waals surface area (Å²) >= 11 is 0. The zero-order chi connectivity index (χ0) is 9.72. The number of rotatable bonds is 5. The smallest absolute Gasteiger partial charge is 0.303 e. The van der Waals surface area contributed by atoms with Gasteiger partial charge in [0.15, 0.2) is 0 Å². The van der Waals surface area contributed by atoms with Crippen molar-refractivity contribution in [1.82, 2.24) is 0 Å². The van der Waals surface area contributed by atoms with E-state index in [1.807, 2.05) is 0 Å². The van der Waals surface area contributed by atoms with E-state index in [0.717, 1.165) is 0 Å². The van der Waals surface area contributed by atoms with Crippen LogP contribution in [0.2, 0.25) is 0 Å². The Bertz CT molecular complexity index is 152. The third-order valence-corrected chi connectivity index (χ3v) is 1.52. The largest absolute Gasteiger partial charge is 0.481 e.